The van der Waals surface area contributed by atoms with Gasteiger partial charge >= 0.3 is 17.9 Å². The Bertz CT molecular complexity index is 1420. The molecule has 0 saturated heterocycles. The number of rotatable bonds is 57. The predicted octanol–water partition coefficient (Wildman–Crippen LogP) is 21.5. The van der Waals surface area contributed by atoms with Gasteiger partial charge in [0, 0.05) is 19.3 Å². The molecular weight excluding hydrogens is 913 g/mol. The average molecular weight is 1030 g/mol. The molecule has 0 spiro atoms. The highest BCUT2D eigenvalue weighted by atomic mass is 16.6. The molecule has 6 heteroatoms. The van der Waals surface area contributed by atoms with Crippen molar-refractivity contribution in [3.05, 3.63) is 85.1 Å². The van der Waals surface area contributed by atoms with Crippen LogP contribution in [-0.4, -0.2) is 37.2 Å². The van der Waals surface area contributed by atoms with Crippen molar-refractivity contribution in [1.82, 2.24) is 0 Å². The van der Waals surface area contributed by atoms with Crippen LogP contribution in [0.25, 0.3) is 0 Å². The summed E-state index contributed by atoms with van der Waals surface area (Å²) in [5.41, 5.74) is 0. The Labute approximate surface area is 458 Å². The van der Waals surface area contributed by atoms with E-state index < -0.39 is 6.10 Å². The Morgan fingerprint density at radius 3 is 0.838 bits per heavy atom. The Morgan fingerprint density at radius 2 is 0.527 bits per heavy atom. The van der Waals surface area contributed by atoms with Crippen LogP contribution in [0.4, 0.5) is 0 Å². The molecule has 6 nitrogen and oxygen atoms in total. The zero-order chi connectivity index (χ0) is 53.6. The van der Waals surface area contributed by atoms with Crippen LogP contribution in [0, 0.1) is 0 Å². The zero-order valence-electron chi connectivity index (χ0n) is 48.8. The van der Waals surface area contributed by atoms with E-state index in [1.54, 1.807) is 0 Å². The normalized spacial score (nSPS) is 12.6. The highest BCUT2D eigenvalue weighted by Gasteiger charge is 2.19. The number of unbranched alkanes of at least 4 members (excludes halogenated alkanes) is 32. The molecule has 0 aliphatic heterocycles. The number of esters is 3. The first-order valence-electron chi connectivity index (χ1n) is 31.6. The molecule has 0 aromatic heterocycles. The van der Waals surface area contributed by atoms with Crippen LogP contribution in [0.15, 0.2) is 85.1 Å². The fourth-order valence-corrected chi connectivity index (χ4v) is 8.98. The van der Waals surface area contributed by atoms with Crippen LogP contribution < -0.4 is 0 Å². The van der Waals surface area contributed by atoms with Crippen molar-refractivity contribution >= 4 is 17.9 Å². The average Bonchev–Trinajstić information content (AvgIpc) is 3.40. The summed E-state index contributed by atoms with van der Waals surface area (Å²) in [4.78, 5) is 38.1. The molecule has 0 bridgehead atoms. The molecule has 0 rings (SSSR count). The van der Waals surface area contributed by atoms with E-state index >= 15 is 0 Å². The van der Waals surface area contributed by atoms with Crippen LogP contribution in [-0.2, 0) is 28.6 Å². The first-order valence-corrected chi connectivity index (χ1v) is 31.6. The van der Waals surface area contributed by atoms with Crippen LogP contribution >= 0.6 is 0 Å². The molecular formula is C68H118O6. The van der Waals surface area contributed by atoms with E-state index in [-0.39, 0.29) is 31.1 Å². The van der Waals surface area contributed by atoms with E-state index in [0.29, 0.717) is 19.3 Å². The second-order valence-corrected chi connectivity index (χ2v) is 20.9. The number of carbonyl (C=O) groups excluding carboxylic acids is 3. The molecule has 0 N–H and O–H groups in total. The molecule has 0 aliphatic carbocycles. The van der Waals surface area contributed by atoms with Gasteiger partial charge in [0.05, 0.1) is 0 Å². The topological polar surface area (TPSA) is 78.9 Å². The summed E-state index contributed by atoms with van der Waals surface area (Å²) in [6.07, 6.45) is 81.8. The third-order valence-corrected chi connectivity index (χ3v) is 13.6. The van der Waals surface area contributed by atoms with Crippen LogP contribution in [0.5, 0.6) is 0 Å². The number of ether oxygens (including phenoxy) is 3. The van der Waals surface area contributed by atoms with Crippen LogP contribution in [0.1, 0.15) is 310 Å². The first-order chi connectivity index (χ1) is 36.5. The summed E-state index contributed by atoms with van der Waals surface area (Å²) in [6, 6.07) is 0. The third-order valence-electron chi connectivity index (χ3n) is 13.6. The van der Waals surface area contributed by atoms with Gasteiger partial charge < -0.3 is 14.2 Å². The number of carbonyl (C=O) groups is 3. The van der Waals surface area contributed by atoms with E-state index in [0.717, 1.165) is 109 Å². The van der Waals surface area contributed by atoms with Gasteiger partial charge in [0.25, 0.3) is 0 Å². The zero-order valence-corrected chi connectivity index (χ0v) is 48.8. The molecule has 0 aliphatic rings. The Hall–Kier alpha value is -3.41. The Kier molecular flexibility index (Phi) is 59.3. The summed E-state index contributed by atoms with van der Waals surface area (Å²) in [5.74, 6) is -0.902. The SMILES string of the molecule is CC/C=C\C/C=C\C/C=C\C/C=C\CCCCCCCCCCCCCCCCCCCCC(=O)OCC(COC(=O)CCCCCCCCCCCCCC)OC(=O)CCCCC/C=C\C/C=C\C/C=C\CC. The molecule has 0 aromatic carbocycles. The van der Waals surface area contributed by atoms with E-state index in [4.69, 9.17) is 14.2 Å². The van der Waals surface area contributed by atoms with E-state index in [2.05, 4.69) is 106 Å². The number of hydrogen-bond donors (Lipinski definition) is 0. The van der Waals surface area contributed by atoms with Gasteiger partial charge in [0.1, 0.15) is 13.2 Å². The molecule has 0 fully saturated rings. The number of allylic oxidation sites excluding steroid dienone is 14. The lowest BCUT2D eigenvalue weighted by atomic mass is 10.0. The monoisotopic (exact) mass is 1030 g/mol. The molecule has 0 heterocycles. The maximum Gasteiger partial charge on any atom is 0.306 e. The largest absolute Gasteiger partial charge is 0.462 e. The lowest BCUT2D eigenvalue weighted by Gasteiger charge is -2.18. The fourth-order valence-electron chi connectivity index (χ4n) is 8.98. The van der Waals surface area contributed by atoms with Crippen molar-refractivity contribution in [3.8, 4) is 0 Å². The van der Waals surface area contributed by atoms with E-state index in [1.807, 2.05) is 0 Å². The lowest BCUT2D eigenvalue weighted by molar-refractivity contribution is -0.167. The minimum atomic E-state index is -0.788. The summed E-state index contributed by atoms with van der Waals surface area (Å²) in [6.45, 7) is 6.41. The third kappa shape index (κ3) is 59.5. The summed E-state index contributed by atoms with van der Waals surface area (Å²) >= 11 is 0. The van der Waals surface area contributed by atoms with E-state index in [1.165, 1.54) is 161 Å². The van der Waals surface area contributed by atoms with Gasteiger partial charge in [-0.3, -0.25) is 14.4 Å². The molecule has 1 unspecified atom stereocenters. The number of hydrogen-bond acceptors (Lipinski definition) is 6. The lowest BCUT2D eigenvalue weighted by Crippen LogP contribution is -2.30. The van der Waals surface area contributed by atoms with Crippen molar-refractivity contribution in [3.63, 3.8) is 0 Å². The smallest absolute Gasteiger partial charge is 0.306 e. The molecule has 1 atom stereocenters. The second kappa shape index (κ2) is 62.1. The van der Waals surface area contributed by atoms with Crippen molar-refractivity contribution in [2.45, 2.75) is 316 Å². The van der Waals surface area contributed by atoms with Crippen LogP contribution in [0.3, 0.4) is 0 Å². The van der Waals surface area contributed by atoms with E-state index in [9.17, 15) is 14.4 Å². The highest BCUT2D eigenvalue weighted by molar-refractivity contribution is 5.71. The maximum atomic E-state index is 12.8. The Balaban J connectivity index is 4.13. The fraction of sp³-hybridized carbons (Fsp3) is 0.750. The van der Waals surface area contributed by atoms with Crippen LogP contribution in [0.2, 0.25) is 0 Å². The molecule has 0 radical (unpaired) electrons. The molecule has 0 aromatic rings. The van der Waals surface area contributed by atoms with Gasteiger partial charge in [0.15, 0.2) is 6.10 Å². The molecule has 426 valence electrons. The maximum absolute atomic E-state index is 12.8. The van der Waals surface area contributed by atoms with Gasteiger partial charge in [-0.1, -0.05) is 286 Å². The standard InChI is InChI=1S/C68H118O6/c1-4-7-10-13-16-19-22-25-26-27-28-29-30-31-32-33-34-35-36-37-38-39-40-41-42-44-46-49-52-55-58-61-67(70)73-64-65(63-72-66(69)60-57-54-51-48-45-24-21-18-15-12-9-6-3)74-68(71)62-59-56-53-50-47-43-23-20-17-14-11-8-5-2/h7-8,10-11,16-17,19-20,25-26,28-29,43,47,65H,4-6,9,12-15,18,21-24,27,30-42,44-46,48-64H2,1-3H3/b10-7-,11-8-,19-16-,20-17-,26-25-,29-28-,47-43-. The van der Waals surface area contributed by atoms with Crippen molar-refractivity contribution in [2.75, 3.05) is 13.2 Å². The second-order valence-electron chi connectivity index (χ2n) is 20.9. The molecule has 0 saturated carbocycles. The minimum Gasteiger partial charge on any atom is -0.462 e. The predicted molar refractivity (Wildman–Crippen MR) is 321 cm³/mol. The first kappa shape index (κ1) is 70.6. The quantitative estimate of drug-likeness (QED) is 0.0261. The summed E-state index contributed by atoms with van der Waals surface area (Å²) in [7, 11) is 0. The van der Waals surface area contributed by atoms with Gasteiger partial charge in [-0.25, -0.2) is 0 Å². The summed E-state index contributed by atoms with van der Waals surface area (Å²) in [5, 5.41) is 0. The van der Waals surface area contributed by atoms with Gasteiger partial charge in [-0.15, -0.1) is 0 Å². The molecule has 0 amide bonds. The van der Waals surface area contributed by atoms with Gasteiger partial charge in [-0.2, -0.15) is 0 Å². The van der Waals surface area contributed by atoms with Crippen molar-refractivity contribution in [1.29, 1.82) is 0 Å². The van der Waals surface area contributed by atoms with Crippen molar-refractivity contribution < 1.29 is 28.6 Å². The molecule has 74 heavy (non-hydrogen) atoms. The van der Waals surface area contributed by atoms with Gasteiger partial charge in [0.2, 0.25) is 0 Å². The van der Waals surface area contributed by atoms with Gasteiger partial charge in [-0.05, 0) is 89.9 Å². The summed E-state index contributed by atoms with van der Waals surface area (Å²) < 4.78 is 16.9. The van der Waals surface area contributed by atoms with Crippen molar-refractivity contribution in [2.24, 2.45) is 0 Å². The highest BCUT2D eigenvalue weighted by Crippen LogP contribution is 2.17. The minimum absolute atomic E-state index is 0.0838. The Morgan fingerprint density at radius 1 is 0.284 bits per heavy atom.